The topological polar surface area (TPSA) is 66.2 Å². The number of nitriles is 2. The standard InChI is InChI=1S/C40H18N6S/c1-43-31-11-6-10-28-38-37-27-9-3-4-12-33(27)46(36(37)20-32(44-2)40(38)47-39(28)31)26-8-5-7-25(19-26)45-34-15-13-23(21-41)17-29(34)30-18-24(22-42)14-16-35(30)45/h3-20H. The minimum absolute atomic E-state index is 0.560. The first-order valence-corrected chi connectivity index (χ1v) is 15.6. The third kappa shape index (κ3) is 3.61. The smallest absolute Gasteiger partial charge is 0.206 e. The van der Waals surface area contributed by atoms with Crippen LogP contribution in [0.25, 0.3) is 84.8 Å². The number of hydrogen-bond acceptors (Lipinski definition) is 3. The highest BCUT2D eigenvalue weighted by Gasteiger charge is 2.22. The molecule has 0 spiro atoms. The maximum atomic E-state index is 9.64. The number of thiophene rings is 1. The molecule has 0 amide bonds. The highest BCUT2D eigenvalue weighted by atomic mass is 32.1. The highest BCUT2D eigenvalue weighted by molar-refractivity contribution is 7.27. The lowest BCUT2D eigenvalue weighted by Crippen LogP contribution is -1.98. The number of aromatic nitrogens is 2. The van der Waals surface area contributed by atoms with Crippen LogP contribution in [0, 0.1) is 35.8 Å². The van der Waals surface area contributed by atoms with Crippen LogP contribution in [0.3, 0.4) is 0 Å². The lowest BCUT2D eigenvalue weighted by Gasteiger charge is -2.13. The van der Waals surface area contributed by atoms with Crippen molar-refractivity contribution < 1.29 is 0 Å². The molecule has 0 aliphatic rings. The van der Waals surface area contributed by atoms with E-state index in [1.54, 1.807) is 0 Å². The van der Waals surface area contributed by atoms with Gasteiger partial charge < -0.3 is 9.13 Å². The summed E-state index contributed by atoms with van der Waals surface area (Å²) in [6.45, 7) is 15.9. The first kappa shape index (κ1) is 26.5. The quantitative estimate of drug-likeness (QED) is 0.182. The van der Waals surface area contributed by atoms with Crippen molar-refractivity contribution in [2.75, 3.05) is 0 Å². The van der Waals surface area contributed by atoms with Crippen molar-refractivity contribution in [1.29, 1.82) is 10.5 Å². The molecule has 9 rings (SSSR count). The van der Waals surface area contributed by atoms with Gasteiger partial charge in [0.15, 0.2) is 0 Å². The number of nitrogens with zero attached hydrogens (tertiary/aromatic N) is 6. The molecule has 0 saturated heterocycles. The molecule has 0 radical (unpaired) electrons. The van der Waals surface area contributed by atoms with Crippen LogP contribution in [-0.2, 0) is 0 Å². The molecule has 3 aromatic heterocycles. The van der Waals surface area contributed by atoms with Gasteiger partial charge in [0.25, 0.3) is 0 Å². The molecule has 0 aliphatic heterocycles. The van der Waals surface area contributed by atoms with Gasteiger partial charge in [0.05, 0.1) is 53.0 Å². The van der Waals surface area contributed by atoms with Crippen LogP contribution in [0.15, 0.2) is 109 Å². The normalized spacial score (nSPS) is 11.3. The van der Waals surface area contributed by atoms with Crippen LogP contribution in [0.4, 0.5) is 11.4 Å². The molecular weight excluding hydrogens is 597 g/mol. The second-order valence-electron chi connectivity index (χ2n) is 11.4. The second-order valence-corrected chi connectivity index (χ2v) is 12.4. The van der Waals surface area contributed by atoms with Crippen molar-refractivity contribution in [2.45, 2.75) is 0 Å². The van der Waals surface area contributed by atoms with Gasteiger partial charge in [-0.15, -0.1) is 0 Å². The van der Waals surface area contributed by atoms with E-state index in [1.165, 1.54) is 11.3 Å². The molecule has 0 atom stereocenters. The summed E-state index contributed by atoms with van der Waals surface area (Å²) in [5.74, 6) is 0. The third-order valence-electron chi connectivity index (χ3n) is 8.97. The summed E-state index contributed by atoms with van der Waals surface area (Å²) in [5, 5.41) is 25.2. The Labute approximate surface area is 272 Å². The molecule has 0 fully saturated rings. The summed E-state index contributed by atoms with van der Waals surface area (Å²) < 4.78 is 6.19. The van der Waals surface area contributed by atoms with E-state index in [2.05, 4.69) is 67.4 Å². The molecule has 6 aromatic carbocycles. The third-order valence-corrected chi connectivity index (χ3v) is 10.2. The van der Waals surface area contributed by atoms with Gasteiger partial charge >= 0.3 is 0 Å². The SMILES string of the molecule is [C-]#[N+]c1cccc2c1sc1c([N+]#[C-])cc3c(c4ccccc4n3-c3cccc(-n4c5ccc(C#N)cc5c5cc(C#N)ccc54)c3)c12. The molecule has 6 nitrogen and oxygen atoms in total. The predicted molar refractivity (Wildman–Crippen MR) is 190 cm³/mol. The molecule has 47 heavy (non-hydrogen) atoms. The molecule has 0 unspecified atom stereocenters. The molecular formula is C40H18N6S. The molecule has 7 heteroatoms. The molecule has 0 bridgehead atoms. The summed E-state index contributed by atoms with van der Waals surface area (Å²) in [7, 11) is 0. The van der Waals surface area contributed by atoms with E-state index in [0.29, 0.717) is 22.5 Å². The van der Waals surface area contributed by atoms with Gasteiger partial charge in [0, 0.05) is 47.8 Å². The van der Waals surface area contributed by atoms with Crippen molar-refractivity contribution in [3.05, 3.63) is 143 Å². The van der Waals surface area contributed by atoms with Gasteiger partial charge in [-0.05, 0) is 77.5 Å². The highest BCUT2D eigenvalue weighted by Crippen LogP contribution is 2.49. The van der Waals surface area contributed by atoms with Crippen molar-refractivity contribution in [1.82, 2.24) is 9.13 Å². The fourth-order valence-corrected chi connectivity index (χ4v) is 8.27. The van der Waals surface area contributed by atoms with E-state index >= 15 is 0 Å². The molecule has 0 N–H and O–H groups in total. The summed E-state index contributed by atoms with van der Waals surface area (Å²) in [6, 6.07) is 40.3. The predicted octanol–water partition coefficient (Wildman–Crippen LogP) is 11.1. The Morgan fingerprint density at radius 2 is 1.11 bits per heavy atom. The minimum Gasteiger partial charge on any atom is -0.310 e. The van der Waals surface area contributed by atoms with E-state index in [1.807, 2.05) is 72.8 Å². The Hall–Kier alpha value is -6.90. The summed E-state index contributed by atoms with van der Waals surface area (Å²) in [6.07, 6.45) is 0. The van der Waals surface area contributed by atoms with E-state index in [0.717, 1.165) is 75.2 Å². The van der Waals surface area contributed by atoms with Gasteiger partial charge in [0.1, 0.15) is 0 Å². The molecule has 214 valence electrons. The second kappa shape index (κ2) is 9.80. The van der Waals surface area contributed by atoms with Crippen LogP contribution >= 0.6 is 11.3 Å². The average Bonchev–Trinajstić information content (AvgIpc) is 3.78. The Morgan fingerprint density at radius 3 is 1.77 bits per heavy atom. The molecule has 0 aliphatic carbocycles. The Kier molecular flexibility index (Phi) is 5.53. The average molecular weight is 615 g/mol. The zero-order valence-corrected chi connectivity index (χ0v) is 25.3. The van der Waals surface area contributed by atoms with E-state index in [-0.39, 0.29) is 0 Å². The van der Waals surface area contributed by atoms with Gasteiger partial charge in [-0.3, -0.25) is 0 Å². The number of fused-ring (bicyclic) bond motifs is 10. The molecule has 0 saturated carbocycles. The van der Waals surface area contributed by atoms with Crippen LogP contribution in [-0.4, -0.2) is 9.13 Å². The first-order valence-electron chi connectivity index (χ1n) is 14.8. The Balaban J connectivity index is 1.38. The van der Waals surface area contributed by atoms with Crippen LogP contribution in [0.5, 0.6) is 0 Å². The van der Waals surface area contributed by atoms with Crippen molar-refractivity contribution in [3.8, 4) is 23.5 Å². The zero-order chi connectivity index (χ0) is 31.8. The fourth-order valence-electron chi connectivity index (χ4n) is 7.05. The zero-order valence-electron chi connectivity index (χ0n) is 24.5. The summed E-state index contributed by atoms with van der Waals surface area (Å²) in [5.41, 5.74) is 7.95. The van der Waals surface area contributed by atoms with E-state index in [4.69, 9.17) is 13.1 Å². The van der Waals surface area contributed by atoms with Crippen molar-refractivity contribution >= 4 is 86.5 Å². The summed E-state index contributed by atoms with van der Waals surface area (Å²) in [4.78, 5) is 7.76. The largest absolute Gasteiger partial charge is 0.310 e. The molecule has 9 aromatic rings. The van der Waals surface area contributed by atoms with E-state index < -0.39 is 0 Å². The van der Waals surface area contributed by atoms with Gasteiger partial charge in [-0.1, -0.05) is 42.5 Å². The van der Waals surface area contributed by atoms with Crippen LogP contribution < -0.4 is 0 Å². The van der Waals surface area contributed by atoms with Gasteiger partial charge in [0.2, 0.25) is 11.4 Å². The fraction of sp³-hybridized carbons (Fsp3) is 0. The van der Waals surface area contributed by atoms with Crippen LogP contribution in [0.2, 0.25) is 0 Å². The van der Waals surface area contributed by atoms with Gasteiger partial charge in [-0.2, -0.15) is 21.9 Å². The van der Waals surface area contributed by atoms with Crippen molar-refractivity contribution in [2.24, 2.45) is 0 Å². The first-order chi connectivity index (χ1) is 23.1. The van der Waals surface area contributed by atoms with Gasteiger partial charge in [-0.25, -0.2) is 9.69 Å². The Morgan fingerprint density at radius 1 is 0.511 bits per heavy atom. The van der Waals surface area contributed by atoms with Crippen LogP contribution in [0.1, 0.15) is 11.1 Å². The number of rotatable bonds is 2. The molecule has 3 heterocycles. The number of para-hydroxylation sites is 1. The maximum absolute atomic E-state index is 9.64. The number of benzene rings is 6. The summed E-state index contributed by atoms with van der Waals surface area (Å²) >= 11 is 1.52. The minimum atomic E-state index is 0.560. The van der Waals surface area contributed by atoms with Crippen molar-refractivity contribution in [3.63, 3.8) is 0 Å². The van der Waals surface area contributed by atoms with E-state index in [9.17, 15) is 10.5 Å². The Bertz CT molecular complexity index is 2950. The monoisotopic (exact) mass is 614 g/mol. The maximum Gasteiger partial charge on any atom is 0.206 e. The lowest BCUT2D eigenvalue weighted by atomic mass is 10.0. The number of hydrogen-bond donors (Lipinski definition) is 0. The lowest BCUT2D eigenvalue weighted by molar-refractivity contribution is 1.13.